The van der Waals surface area contributed by atoms with Crippen LogP contribution in [0.3, 0.4) is 0 Å². The summed E-state index contributed by atoms with van der Waals surface area (Å²) < 4.78 is 37.5. The molecule has 40 heavy (non-hydrogen) atoms. The Labute approximate surface area is 239 Å². The number of nitrogens with one attached hydrogen (secondary N) is 2. The van der Waals surface area contributed by atoms with Crippen molar-refractivity contribution in [1.29, 1.82) is 0 Å². The Morgan fingerprint density at radius 3 is 1.68 bits per heavy atom. The molecule has 0 saturated carbocycles. The number of methoxy groups -OCH3 is 2. The fraction of sp³-hybridized carbons (Fsp3) is 0.724. The Hall–Kier alpha value is -2.28. The summed E-state index contributed by atoms with van der Waals surface area (Å²) in [4.78, 5) is 23.7. The monoisotopic (exact) mass is 570 g/mol. The van der Waals surface area contributed by atoms with Crippen molar-refractivity contribution in [1.82, 2.24) is 5.32 Å². The van der Waals surface area contributed by atoms with E-state index >= 15 is 0 Å². The van der Waals surface area contributed by atoms with Crippen LogP contribution in [0.5, 0.6) is 5.75 Å². The number of unbranched alkanes of at least 4 members (excludes halogenated alkanes) is 3. The Morgan fingerprint density at radius 1 is 0.575 bits per heavy atom. The fourth-order valence-electron chi connectivity index (χ4n) is 3.40. The van der Waals surface area contributed by atoms with Crippen LogP contribution in [0.2, 0.25) is 0 Å². The number of hydrogen-bond donors (Lipinski definition) is 2. The van der Waals surface area contributed by atoms with E-state index in [0.29, 0.717) is 79.0 Å². The van der Waals surface area contributed by atoms with Crippen molar-refractivity contribution < 1.29 is 42.7 Å². The van der Waals surface area contributed by atoms with Crippen LogP contribution in [0.15, 0.2) is 24.3 Å². The van der Waals surface area contributed by atoms with Crippen molar-refractivity contribution in [2.45, 2.75) is 44.9 Å². The third kappa shape index (κ3) is 22.5. The molecule has 0 spiro atoms. The maximum Gasteiger partial charge on any atom is 0.226 e. The molecule has 0 aromatic heterocycles. The Balaban J connectivity index is 1.74. The van der Waals surface area contributed by atoms with Gasteiger partial charge in [-0.1, -0.05) is 12.8 Å². The van der Waals surface area contributed by atoms with Crippen LogP contribution < -0.4 is 15.4 Å². The lowest BCUT2D eigenvalue weighted by molar-refractivity contribution is -0.122. The molecule has 11 heteroatoms. The van der Waals surface area contributed by atoms with Gasteiger partial charge in [0.1, 0.15) is 5.75 Å². The molecule has 0 aliphatic heterocycles. The summed E-state index contributed by atoms with van der Waals surface area (Å²) in [6.45, 7) is 6.26. The quantitative estimate of drug-likeness (QED) is 0.146. The predicted molar refractivity (Wildman–Crippen MR) is 153 cm³/mol. The van der Waals surface area contributed by atoms with Crippen LogP contribution in [-0.2, 0) is 38.0 Å². The summed E-state index contributed by atoms with van der Waals surface area (Å²) in [5, 5.41) is 5.73. The summed E-state index contributed by atoms with van der Waals surface area (Å²) in [5.41, 5.74) is 0.723. The number of anilines is 1. The molecule has 0 heterocycles. The van der Waals surface area contributed by atoms with Crippen molar-refractivity contribution in [2.24, 2.45) is 0 Å². The second kappa shape index (κ2) is 26.9. The molecule has 0 unspecified atom stereocenters. The predicted octanol–water partition coefficient (Wildman–Crippen LogP) is 3.21. The van der Waals surface area contributed by atoms with Gasteiger partial charge in [-0.15, -0.1) is 0 Å². The number of benzene rings is 1. The highest BCUT2D eigenvalue weighted by Gasteiger charge is 2.03. The largest absolute Gasteiger partial charge is 0.497 e. The van der Waals surface area contributed by atoms with Crippen LogP contribution >= 0.6 is 0 Å². The first-order valence-corrected chi connectivity index (χ1v) is 14.2. The van der Waals surface area contributed by atoms with E-state index < -0.39 is 0 Å². The zero-order chi connectivity index (χ0) is 28.9. The summed E-state index contributed by atoms with van der Waals surface area (Å²) in [6, 6.07) is 7.17. The molecule has 1 rings (SSSR count). The van der Waals surface area contributed by atoms with Crippen molar-refractivity contribution in [3.8, 4) is 5.75 Å². The second-order valence-electron chi connectivity index (χ2n) is 8.95. The Kier molecular flexibility index (Phi) is 24.1. The highest BCUT2D eigenvalue weighted by atomic mass is 16.5. The van der Waals surface area contributed by atoms with Crippen molar-refractivity contribution in [3.05, 3.63) is 24.3 Å². The second-order valence-corrected chi connectivity index (χ2v) is 8.95. The van der Waals surface area contributed by atoms with Gasteiger partial charge in [-0.2, -0.15) is 0 Å². The fourth-order valence-corrected chi connectivity index (χ4v) is 3.40. The average Bonchev–Trinajstić information content (AvgIpc) is 2.96. The molecule has 0 saturated heterocycles. The molecule has 0 radical (unpaired) electrons. The molecule has 230 valence electrons. The normalized spacial score (nSPS) is 10.9. The van der Waals surface area contributed by atoms with E-state index in [1.54, 1.807) is 38.5 Å². The van der Waals surface area contributed by atoms with Gasteiger partial charge in [0.2, 0.25) is 11.8 Å². The third-order valence-electron chi connectivity index (χ3n) is 5.61. The molecule has 0 bridgehead atoms. The maximum atomic E-state index is 11.9. The number of rotatable bonds is 28. The van der Waals surface area contributed by atoms with Gasteiger partial charge < -0.3 is 43.8 Å². The first-order chi connectivity index (χ1) is 19.7. The lowest BCUT2D eigenvalue weighted by Crippen LogP contribution is -2.25. The SMILES string of the molecule is COCCCCCCNC(=O)CCOCCOCCOCCCOCCOCCC(=O)Nc1ccc(OC)cc1. The minimum Gasteiger partial charge on any atom is -0.497 e. The van der Waals surface area contributed by atoms with Crippen molar-refractivity contribution >= 4 is 17.5 Å². The molecule has 0 aliphatic carbocycles. The summed E-state index contributed by atoms with van der Waals surface area (Å²) >= 11 is 0. The van der Waals surface area contributed by atoms with Gasteiger partial charge in [-0.25, -0.2) is 0 Å². The van der Waals surface area contributed by atoms with Gasteiger partial charge in [-0.3, -0.25) is 9.59 Å². The minimum absolute atomic E-state index is 0.0217. The highest BCUT2D eigenvalue weighted by Crippen LogP contribution is 2.15. The lowest BCUT2D eigenvalue weighted by atomic mass is 10.2. The van der Waals surface area contributed by atoms with E-state index in [0.717, 1.165) is 50.1 Å². The van der Waals surface area contributed by atoms with Crippen LogP contribution in [0.25, 0.3) is 0 Å². The van der Waals surface area contributed by atoms with Crippen LogP contribution in [0.1, 0.15) is 44.9 Å². The standard InChI is InChI=1S/C29H50N2O9/c1-34-15-6-4-3-5-14-30-28(32)12-18-38-23-25-40-24-21-37-17-7-16-36-20-22-39-19-13-29(33)31-26-8-10-27(35-2)11-9-26/h8-11H,3-7,12-25H2,1-2H3,(H,30,32)(H,31,33). The lowest BCUT2D eigenvalue weighted by Gasteiger charge is -2.08. The number of amides is 2. The van der Waals surface area contributed by atoms with E-state index in [1.165, 1.54) is 0 Å². The van der Waals surface area contributed by atoms with E-state index in [2.05, 4.69) is 10.6 Å². The molecular weight excluding hydrogens is 520 g/mol. The van der Waals surface area contributed by atoms with E-state index in [9.17, 15) is 9.59 Å². The summed E-state index contributed by atoms with van der Waals surface area (Å²) in [7, 11) is 3.31. The van der Waals surface area contributed by atoms with Crippen LogP contribution in [0.4, 0.5) is 5.69 Å². The zero-order valence-corrected chi connectivity index (χ0v) is 24.4. The van der Waals surface area contributed by atoms with Crippen molar-refractivity contribution in [2.75, 3.05) is 98.8 Å². The average molecular weight is 571 g/mol. The summed E-state index contributed by atoms with van der Waals surface area (Å²) in [6.07, 6.45) is 5.71. The topological polar surface area (TPSA) is 123 Å². The number of hydrogen-bond acceptors (Lipinski definition) is 9. The van der Waals surface area contributed by atoms with Gasteiger partial charge in [0.05, 0.1) is 66.4 Å². The molecule has 1 aromatic rings. The highest BCUT2D eigenvalue weighted by molar-refractivity contribution is 5.90. The maximum absolute atomic E-state index is 11.9. The summed E-state index contributed by atoms with van der Waals surface area (Å²) in [5.74, 6) is 0.661. The van der Waals surface area contributed by atoms with E-state index in [1.807, 2.05) is 0 Å². The molecular formula is C29H50N2O9. The van der Waals surface area contributed by atoms with Gasteiger partial charge >= 0.3 is 0 Å². The first kappa shape index (κ1) is 35.7. The van der Waals surface area contributed by atoms with Gasteiger partial charge in [-0.05, 0) is 43.5 Å². The molecule has 0 aliphatic rings. The molecule has 11 nitrogen and oxygen atoms in total. The number of carbonyl (C=O) groups is 2. The molecule has 1 aromatic carbocycles. The van der Waals surface area contributed by atoms with Gasteiger partial charge in [0.15, 0.2) is 0 Å². The van der Waals surface area contributed by atoms with Crippen LogP contribution in [-0.4, -0.2) is 105 Å². The minimum atomic E-state index is -0.102. The number of carbonyl (C=O) groups excluding carboxylic acids is 2. The third-order valence-corrected chi connectivity index (χ3v) is 5.61. The van der Waals surface area contributed by atoms with Crippen LogP contribution in [0, 0.1) is 0 Å². The van der Waals surface area contributed by atoms with E-state index in [-0.39, 0.29) is 18.2 Å². The van der Waals surface area contributed by atoms with E-state index in [4.69, 9.17) is 33.2 Å². The van der Waals surface area contributed by atoms with Gasteiger partial charge in [0, 0.05) is 45.6 Å². The molecule has 2 amide bonds. The number of ether oxygens (including phenoxy) is 7. The Morgan fingerprint density at radius 2 is 1.10 bits per heavy atom. The zero-order valence-electron chi connectivity index (χ0n) is 24.4. The molecule has 0 fully saturated rings. The van der Waals surface area contributed by atoms with Crippen molar-refractivity contribution in [3.63, 3.8) is 0 Å². The Bertz CT molecular complexity index is 735. The smallest absolute Gasteiger partial charge is 0.226 e. The molecule has 2 N–H and O–H groups in total. The first-order valence-electron chi connectivity index (χ1n) is 14.2. The molecule has 0 atom stereocenters. The van der Waals surface area contributed by atoms with Gasteiger partial charge in [0.25, 0.3) is 0 Å².